The highest BCUT2D eigenvalue weighted by atomic mass is 32.1. The van der Waals surface area contributed by atoms with Gasteiger partial charge in [0.05, 0.1) is 25.5 Å². The van der Waals surface area contributed by atoms with Gasteiger partial charge in [-0.1, -0.05) is 6.07 Å². The minimum Gasteiger partial charge on any atom is -0.351 e. The van der Waals surface area contributed by atoms with Gasteiger partial charge in [-0.3, -0.25) is 4.79 Å². The number of nitrogens with one attached hydrogen (secondary N) is 2. The van der Waals surface area contributed by atoms with Gasteiger partial charge in [-0.05, 0) is 11.4 Å². The van der Waals surface area contributed by atoms with Crippen molar-refractivity contribution in [1.82, 2.24) is 5.32 Å². The van der Waals surface area contributed by atoms with E-state index in [1.54, 1.807) is 0 Å². The largest absolute Gasteiger partial charge is 0.351 e. The summed E-state index contributed by atoms with van der Waals surface area (Å²) in [5, 5.41) is 4.81. The van der Waals surface area contributed by atoms with Gasteiger partial charge in [-0.15, -0.1) is 11.3 Å². The zero-order valence-electron chi connectivity index (χ0n) is 8.67. The maximum atomic E-state index is 11.4. The van der Waals surface area contributed by atoms with Crippen LogP contribution in [-0.2, 0) is 0 Å². The van der Waals surface area contributed by atoms with Crippen LogP contribution >= 0.6 is 11.3 Å². The SMILES string of the molecule is C[NH+](C)CCCNC(=O)c1cccs1. The number of amides is 1. The summed E-state index contributed by atoms with van der Waals surface area (Å²) in [7, 11) is 4.22. The number of rotatable bonds is 5. The fourth-order valence-corrected chi connectivity index (χ4v) is 1.78. The molecule has 2 N–H and O–H groups in total. The summed E-state index contributed by atoms with van der Waals surface area (Å²) in [6.07, 6.45) is 1.03. The van der Waals surface area contributed by atoms with E-state index in [9.17, 15) is 4.79 Å². The second kappa shape index (κ2) is 5.78. The smallest absolute Gasteiger partial charge is 0.261 e. The summed E-state index contributed by atoms with van der Waals surface area (Å²) in [6.45, 7) is 1.85. The van der Waals surface area contributed by atoms with Crippen LogP contribution in [0, 0.1) is 0 Å². The van der Waals surface area contributed by atoms with Gasteiger partial charge in [0, 0.05) is 13.0 Å². The fraction of sp³-hybridized carbons (Fsp3) is 0.500. The minimum atomic E-state index is 0.0498. The zero-order valence-corrected chi connectivity index (χ0v) is 9.49. The van der Waals surface area contributed by atoms with E-state index in [4.69, 9.17) is 0 Å². The van der Waals surface area contributed by atoms with Crippen molar-refractivity contribution in [3.63, 3.8) is 0 Å². The number of hydrogen-bond acceptors (Lipinski definition) is 2. The lowest BCUT2D eigenvalue weighted by Crippen LogP contribution is -3.05. The molecule has 1 rings (SSSR count). The molecule has 3 nitrogen and oxygen atoms in total. The molecule has 0 saturated carbocycles. The molecule has 0 saturated heterocycles. The monoisotopic (exact) mass is 213 g/mol. The van der Waals surface area contributed by atoms with Crippen molar-refractivity contribution in [3.8, 4) is 0 Å². The van der Waals surface area contributed by atoms with Crippen molar-refractivity contribution in [3.05, 3.63) is 22.4 Å². The molecule has 14 heavy (non-hydrogen) atoms. The highest BCUT2D eigenvalue weighted by molar-refractivity contribution is 7.12. The molecule has 1 aromatic heterocycles. The lowest BCUT2D eigenvalue weighted by atomic mass is 10.4. The minimum absolute atomic E-state index is 0.0498. The number of quaternary nitrogens is 1. The summed E-state index contributed by atoms with van der Waals surface area (Å²) in [5.41, 5.74) is 0. The Hall–Kier alpha value is -0.870. The van der Waals surface area contributed by atoms with Crippen molar-refractivity contribution in [2.45, 2.75) is 6.42 Å². The molecule has 1 amide bonds. The number of thiophene rings is 1. The summed E-state index contributed by atoms with van der Waals surface area (Å²) in [5.74, 6) is 0.0498. The average Bonchev–Trinajstić information content (AvgIpc) is 2.64. The second-order valence-electron chi connectivity index (χ2n) is 3.54. The topological polar surface area (TPSA) is 33.5 Å². The molecule has 0 bridgehead atoms. The van der Waals surface area contributed by atoms with Crippen LogP contribution in [-0.4, -0.2) is 33.1 Å². The van der Waals surface area contributed by atoms with E-state index in [0.717, 1.165) is 24.4 Å². The van der Waals surface area contributed by atoms with E-state index < -0.39 is 0 Å². The Bertz CT molecular complexity index is 270. The van der Waals surface area contributed by atoms with Crippen LogP contribution in [0.3, 0.4) is 0 Å². The van der Waals surface area contributed by atoms with Gasteiger partial charge in [-0.2, -0.15) is 0 Å². The van der Waals surface area contributed by atoms with E-state index in [1.807, 2.05) is 17.5 Å². The van der Waals surface area contributed by atoms with Crippen molar-refractivity contribution in [2.75, 3.05) is 27.2 Å². The van der Waals surface area contributed by atoms with Crippen molar-refractivity contribution < 1.29 is 9.69 Å². The van der Waals surface area contributed by atoms with Crippen LogP contribution in [0.1, 0.15) is 16.1 Å². The van der Waals surface area contributed by atoms with Crippen LogP contribution in [0.25, 0.3) is 0 Å². The van der Waals surface area contributed by atoms with E-state index in [2.05, 4.69) is 19.4 Å². The molecule has 1 aromatic rings. The molecule has 0 aliphatic heterocycles. The number of carbonyl (C=O) groups is 1. The predicted molar refractivity (Wildman–Crippen MR) is 58.9 cm³/mol. The molecule has 78 valence electrons. The molecular formula is C10H17N2OS+. The van der Waals surface area contributed by atoms with E-state index in [1.165, 1.54) is 16.2 Å². The van der Waals surface area contributed by atoms with Crippen molar-refractivity contribution in [2.24, 2.45) is 0 Å². The van der Waals surface area contributed by atoms with Gasteiger partial charge in [0.1, 0.15) is 0 Å². The standard InChI is InChI=1S/C10H16N2OS/c1-12(2)7-4-6-11-10(13)9-5-3-8-14-9/h3,5,8H,4,6-7H2,1-2H3,(H,11,13)/p+1. The maximum Gasteiger partial charge on any atom is 0.261 e. The van der Waals surface area contributed by atoms with Crippen LogP contribution in [0.4, 0.5) is 0 Å². The first-order valence-corrected chi connectivity index (χ1v) is 5.69. The molecule has 0 spiro atoms. The Morgan fingerprint density at radius 1 is 1.57 bits per heavy atom. The molecule has 1 heterocycles. The van der Waals surface area contributed by atoms with Gasteiger partial charge < -0.3 is 10.2 Å². The Morgan fingerprint density at radius 2 is 2.36 bits per heavy atom. The third kappa shape index (κ3) is 3.89. The van der Waals surface area contributed by atoms with Crippen molar-refractivity contribution >= 4 is 17.2 Å². The van der Waals surface area contributed by atoms with Crippen LogP contribution in [0.2, 0.25) is 0 Å². The lowest BCUT2D eigenvalue weighted by molar-refractivity contribution is -0.858. The molecule has 0 aromatic carbocycles. The number of hydrogen-bond donors (Lipinski definition) is 2. The predicted octanol–water partition coefficient (Wildman–Crippen LogP) is 0.0125. The summed E-state index contributed by atoms with van der Waals surface area (Å²) >= 11 is 1.48. The molecule has 0 aliphatic rings. The molecule has 0 atom stereocenters. The highest BCUT2D eigenvalue weighted by Crippen LogP contribution is 2.07. The normalized spacial score (nSPS) is 10.5. The third-order valence-electron chi connectivity index (χ3n) is 1.88. The van der Waals surface area contributed by atoms with Gasteiger partial charge in [-0.25, -0.2) is 0 Å². The molecule has 0 radical (unpaired) electrons. The average molecular weight is 213 g/mol. The Kier molecular flexibility index (Phi) is 4.62. The van der Waals surface area contributed by atoms with E-state index in [-0.39, 0.29) is 5.91 Å². The van der Waals surface area contributed by atoms with E-state index >= 15 is 0 Å². The zero-order chi connectivity index (χ0) is 10.4. The van der Waals surface area contributed by atoms with Gasteiger partial charge in [0.15, 0.2) is 0 Å². The highest BCUT2D eigenvalue weighted by Gasteiger charge is 2.04. The van der Waals surface area contributed by atoms with Gasteiger partial charge in [0.2, 0.25) is 0 Å². The molecule has 4 heteroatoms. The Balaban J connectivity index is 2.16. The molecule has 0 aliphatic carbocycles. The fourth-order valence-electron chi connectivity index (χ4n) is 1.14. The quantitative estimate of drug-likeness (QED) is 0.664. The Morgan fingerprint density at radius 3 is 2.93 bits per heavy atom. The van der Waals surface area contributed by atoms with Crippen LogP contribution in [0.15, 0.2) is 17.5 Å². The first-order chi connectivity index (χ1) is 6.70. The Labute approximate surface area is 88.7 Å². The second-order valence-corrected chi connectivity index (χ2v) is 4.49. The van der Waals surface area contributed by atoms with Gasteiger partial charge in [0.25, 0.3) is 5.91 Å². The lowest BCUT2D eigenvalue weighted by Gasteiger charge is -2.07. The summed E-state index contributed by atoms with van der Waals surface area (Å²) in [4.78, 5) is 13.6. The van der Waals surface area contributed by atoms with Crippen LogP contribution in [0.5, 0.6) is 0 Å². The molecular weight excluding hydrogens is 196 g/mol. The van der Waals surface area contributed by atoms with Gasteiger partial charge >= 0.3 is 0 Å². The van der Waals surface area contributed by atoms with Crippen LogP contribution < -0.4 is 10.2 Å². The maximum absolute atomic E-state index is 11.4. The molecule has 0 fully saturated rings. The first kappa shape index (κ1) is 11.2. The first-order valence-electron chi connectivity index (χ1n) is 4.81. The number of carbonyl (C=O) groups excluding carboxylic acids is 1. The third-order valence-corrected chi connectivity index (χ3v) is 2.75. The van der Waals surface area contributed by atoms with Crippen molar-refractivity contribution in [1.29, 1.82) is 0 Å². The summed E-state index contributed by atoms with van der Waals surface area (Å²) in [6, 6.07) is 3.74. The molecule has 0 unspecified atom stereocenters. The van der Waals surface area contributed by atoms with E-state index in [0.29, 0.717) is 0 Å². The summed E-state index contributed by atoms with van der Waals surface area (Å²) < 4.78 is 0.